The van der Waals surface area contributed by atoms with Gasteiger partial charge in [0.15, 0.2) is 0 Å². The summed E-state index contributed by atoms with van der Waals surface area (Å²) in [5.41, 5.74) is 1.62. The first-order valence-corrected chi connectivity index (χ1v) is 9.66. The SMILES string of the molecule is CCCCCCCOC(=O)c1ccc(C(=O)OCc2cccc(Cl)c2)cc1. The van der Waals surface area contributed by atoms with E-state index in [9.17, 15) is 9.59 Å². The van der Waals surface area contributed by atoms with Crippen molar-refractivity contribution < 1.29 is 19.1 Å². The maximum absolute atomic E-state index is 12.1. The number of esters is 2. The average molecular weight is 389 g/mol. The average Bonchev–Trinajstić information content (AvgIpc) is 2.69. The Morgan fingerprint density at radius 3 is 2.11 bits per heavy atom. The zero-order valence-electron chi connectivity index (χ0n) is 15.6. The molecule has 0 aromatic heterocycles. The lowest BCUT2D eigenvalue weighted by Gasteiger charge is -2.07. The number of benzene rings is 2. The first kappa shape index (κ1) is 21.0. The standard InChI is InChI=1S/C22H25ClO4/c1-2-3-4-5-6-14-26-21(24)18-10-12-19(13-11-18)22(25)27-16-17-8-7-9-20(23)15-17/h7-13,15H,2-6,14,16H2,1H3. The van der Waals surface area contributed by atoms with Crippen LogP contribution in [-0.2, 0) is 16.1 Å². The highest BCUT2D eigenvalue weighted by atomic mass is 35.5. The molecule has 0 aliphatic rings. The lowest BCUT2D eigenvalue weighted by molar-refractivity contribution is 0.0466. The van der Waals surface area contributed by atoms with Crippen LogP contribution in [0.4, 0.5) is 0 Å². The zero-order chi connectivity index (χ0) is 19.5. The van der Waals surface area contributed by atoms with Crippen LogP contribution in [0.5, 0.6) is 0 Å². The number of hydrogen-bond acceptors (Lipinski definition) is 4. The van der Waals surface area contributed by atoms with Crippen molar-refractivity contribution in [2.75, 3.05) is 6.61 Å². The Labute approximate surface area is 165 Å². The Morgan fingerprint density at radius 2 is 1.48 bits per heavy atom. The molecule has 0 N–H and O–H groups in total. The van der Waals surface area contributed by atoms with Gasteiger partial charge < -0.3 is 9.47 Å². The molecule has 144 valence electrons. The van der Waals surface area contributed by atoms with Crippen LogP contribution in [0.25, 0.3) is 0 Å². The van der Waals surface area contributed by atoms with Gasteiger partial charge in [-0.05, 0) is 48.4 Å². The number of rotatable bonds is 10. The first-order chi connectivity index (χ1) is 13.1. The highest BCUT2D eigenvalue weighted by Crippen LogP contribution is 2.13. The third-order valence-corrected chi connectivity index (χ3v) is 4.33. The topological polar surface area (TPSA) is 52.6 Å². The van der Waals surface area contributed by atoms with E-state index >= 15 is 0 Å². The third-order valence-electron chi connectivity index (χ3n) is 4.10. The predicted octanol–water partition coefficient (Wildman–Crippen LogP) is 5.82. The van der Waals surface area contributed by atoms with Crippen molar-refractivity contribution in [1.29, 1.82) is 0 Å². The van der Waals surface area contributed by atoms with Gasteiger partial charge in [0.2, 0.25) is 0 Å². The van der Waals surface area contributed by atoms with Gasteiger partial charge in [0.1, 0.15) is 6.61 Å². The number of carbonyl (C=O) groups is 2. The molecule has 0 aliphatic carbocycles. The molecule has 0 saturated heterocycles. The second-order valence-corrected chi connectivity index (χ2v) is 6.77. The molecule has 0 aliphatic heterocycles. The molecule has 0 heterocycles. The molecule has 27 heavy (non-hydrogen) atoms. The second-order valence-electron chi connectivity index (χ2n) is 6.33. The van der Waals surface area contributed by atoms with E-state index in [0.29, 0.717) is 22.8 Å². The summed E-state index contributed by atoms with van der Waals surface area (Å²) in [5.74, 6) is -0.824. The largest absolute Gasteiger partial charge is 0.462 e. The second kappa shape index (κ2) is 11.4. The van der Waals surface area contributed by atoms with Crippen LogP contribution in [0.15, 0.2) is 48.5 Å². The van der Waals surface area contributed by atoms with E-state index in [4.69, 9.17) is 21.1 Å². The van der Waals surface area contributed by atoms with Crippen molar-refractivity contribution in [1.82, 2.24) is 0 Å². The zero-order valence-corrected chi connectivity index (χ0v) is 16.3. The molecule has 0 spiro atoms. The number of ether oxygens (including phenoxy) is 2. The molecule has 2 aromatic rings. The summed E-state index contributed by atoms with van der Waals surface area (Å²) in [4.78, 5) is 24.1. The van der Waals surface area contributed by atoms with Crippen LogP contribution >= 0.6 is 11.6 Å². The molecule has 4 nitrogen and oxygen atoms in total. The van der Waals surface area contributed by atoms with Crippen molar-refractivity contribution in [3.05, 3.63) is 70.2 Å². The van der Waals surface area contributed by atoms with Gasteiger partial charge in [0.05, 0.1) is 17.7 Å². The summed E-state index contributed by atoms with van der Waals surface area (Å²) in [5, 5.41) is 0.594. The van der Waals surface area contributed by atoms with Gasteiger partial charge in [-0.2, -0.15) is 0 Å². The van der Waals surface area contributed by atoms with Crippen molar-refractivity contribution >= 4 is 23.5 Å². The number of carbonyl (C=O) groups excluding carboxylic acids is 2. The molecule has 5 heteroatoms. The Balaban J connectivity index is 1.78. The Morgan fingerprint density at radius 1 is 0.852 bits per heavy atom. The summed E-state index contributed by atoms with van der Waals surface area (Å²) in [6.45, 7) is 2.73. The lowest BCUT2D eigenvalue weighted by Crippen LogP contribution is -2.08. The molecule has 2 aromatic carbocycles. The highest BCUT2D eigenvalue weighted by molar-refractivity contribution is 6.30. The van der Waals surface area contributed by atoms with Gasteiger partial charge >= 0.3 is 11.9 Å². The molecular formula is C22H25ClO4. The maximum atomic E-state index is 12.1. The van der Waals surface area contributed by atoms with Crippen LogP contribution in [0.1, 0.15) is 65.3 Å². The molecule has 0 fully saturated rings. The predicted molar refractivity (Wildman–Crippen MR) is 106 cm³/mol. The van der Waals surface area contributed by atoms with Crippen molar-refractivity contribution in [3.63, 3.8) is 0 Å². The fourth-order valence-corrected chi connectivity index (χ4v) is 2.77. The third kappa shape index (κ3) is 7.43. The first-order valence-electron chi connectivity index (χ1n) is 9.29. The maximum Gasteiger partial charge on any atom is 0.338 e. The van der Waals surface area contributed by atoms with Gasteiger partial charge in [-0.15, -0.1) is 0 Å². The van der Waals surface area contributed by atoms with Gasteiger partial charge in [0, 0.05) is 5.02 Å². The number of hydrogen-bond donors (Lipinski definition) is 0. The van der Waals surface area contributed by atoms with Crippen LogP contribution in [-0.4, -0.2) is 18.5 Å². The number of unbranched alkanes of at least 4 members (excludes halogenated alkanes) is 4. The molecule has 0 unspecified atom stereocenters. The minimum atomic E-state index is -0.453. The highest BCUT2D eigenvalue weighted by Gasteiger charge is 2.11. The monoisotopic (exact) mass is 388 g/mol. The smallest absolute Gasteiger partial charge is 0.338 e. The lowest BCUT2D eigenvalue weighted by atomic mass is 10.1. The van der Waals surface area contributed by atoms with Gasteiger partial charge in [-0.1, -0.05) is 56.3 Å². The molecule has 0 atom stereocenters. The summed E-state index contributed by atoms with van der Waals surface area (Å²) < 4.78 is 10.5. The van der Waals surface area contributed by atoms with E-state index in [1.165, 1.54) is 19.3 Å². The van der Waals surface area contributed by atoms with E-state index in [0.717, 1.165) is 18.4 Å². The van der Waals surface area contributed by atoms with Crippen LogP contribution in [0, 0.1) is 0 Å². The summed E-state index contributed by atoms with van der Waals surface area (Å²) >= 11 is 5.91. The van der Waals surface area contributed by atoms with E-state index in [1.807, 2.05) is 6.07 Å². The van der Waals surface area contributed by atoms with E-state index in [1.54, 1.807) is 42.5 Å². The minimum absolute atomic E-state index is 0.140. The normalized spacial score (nSPS) is 10.4. The summed E-state index contributed by atoms with van der Waals surface area (Å²) in [6.07, 6.45) is 5.51. The van der Waals surface area contributed by atoms with Gasteiger partial charge in [0.25, 0.3) is 0 Å². The molecule has 0 amide bonds. The Hall–Kier alpha value is -2.33. The van der Waals surface area contributed by atoms with Crippen LogP contribution in [0.2, 0.25) is 5.02 Å². The molecular weight excluding hydrogens is 364 g/mol. The fraction of sp³-hybridized carbons (Fsp3) is 0.364. The Bertz CT molecular complexity index is 740. The van der Waals surface area contributed by atoms with Crippen molar-refractivity contribution in [3.8, 4) is 0 Å². The molecule has 0 radical (unpaired) electrons. The summed E-state index contributed by atoms with van der Waals surface area (Å²) in [7, 11) is 0. The van der Waals surface area contributed by atoms with E-state index in [2.05, 4.69) is 6.92 Å². The quantitative estimate of drug-likeness (QED) is 0.380. The van der Waals surface area contributed by atoms with E-state index < -0.39 is 5.97 Å². The van der Waals surface area contributed by atoms with Crippen molar-refractivity contribution in [2.45, 2.75) is 45.6 Å². The molecule has 0 saturated carbocycles. The van der Waals surface area contributed by atoms with Crippen molar-refractivity contribution in [2.24, 2.45) is 0 Å². The number of halogens is 1. The van der Waals surface area contributed by atoms with Gasteiger partial charge in [-0.3, -0.25) is 0 Å². The van der Waals surface area contributed by atoms with E-state index in [-0.39, 0.29) is 12.6 Å². The fourth-order valence-electron chi connectivity index (χ4n) is 2.56. The van der Waals surface area contributed by atoms with Crippen LogP contribution < -0.4 is 0 Å². The minimum Gasteiger partial charge on any atom is -0.462 e. The Kier molecular flexibility index (Phi) is 8.85. The summed E-state index contributed by atoms with van der Waals surface area (Å²) in [6, 6.07) is 13.4. The van der Waals surface area contributed by atoms with Gasteiger partial charge in [-0.25, -0.2) is 9.59 Å². The van der Waals surface area contributed by atoms with Crippen LogP contribution in [0.3, 0.4) is 0 Å². The molecule has 0 bridgehead atoms. The molecule has 2 rings (SSSR count).